The molecule has 0 saturated carbocycles. The van der Waals surface area contributed by atoms with E-state index in [1.54, 1.807) is 7.11 Å². The number of hydrogen-bond acceptors (Lipinski definition) is 5. The van der Waals surface area contributed by atoms with Crippen LogP contribution in [0.3, 0.4) is 0 Å². The van der Waals surface area contributed by atoms with Gasteiger partial charge in [0, 0.05) is 20.3 Å². The molecule has 0 aliphatic rings. The van der Waals surface area contributed by atoms with Gasteiger partial charge in [-0.05, 0) is 19.9 Å². The molecule has 5 nitrogen and oxygen atoms in total. The average molecular weight is 233 g/mol. The Bertz CT molecular complexity index is 164. The maximum absolute atomic E-state index is 10.9. The molecule has 0 aliphatic heterocycles. The SMILES string of the molecule is CCOC(=O)CCNCCCOCCOC. The van der Waals surface area contributed by atoms with Crippen molar-refractivity contribution in [1.29, 1.82) is 0 Å². The monoisotopic (exact) mass is 233 g/mol. The summed E-state index contributed by atoms with van der Waals surface area (Å²) in [6.07, 6.45) is 1.37. The molecule has 1 N–H and O–H groups in total. The molecule has 0 aliphatic carbocycles. The minimum absolute atomic E-state index is 0.147. The van der Waals surface area contributed by atoms with Gasteiger partial charge in [0.25, 0.3) is 0 Å². The van der Waals surface area contributed by atoms with Gasteiger partial charge < -0.3 is 19.5 Å². The first-order valence-electron chi connectivity index (χ1n) is 5.74. The molecule has 0 bridgehead atoms. The summed E-state index contributed by atoms with van der Waals surface area (Å²) in [7, 11) is 1.65. The Labute approximate surface area is 97.4 Å². The Kier molecular flexibility index (Phi) is 11.9. The van der Waals surface area contributed by atoms with Gasteiger partial charge in [-0.3, -0.25) is 4.79 Å². The highest BCUT2D eigenvalue weighted by molar-refractivity contribution is 5.69. The second-order valence-electron chi connectivity index (χ2n) is 3.26. The minimum Gasteiger partial charge on any atom is -0.466 e. The zero-order chi connectivity index (χ0) is 12.1. The van der Waals surface area contributed by atoms with Crippen molar-refractivity contribution in [1.82, 2.24) is 5.32 Å². The first kappa shape index (κ1) is 15.3. The normalized spacial score (nSPS) is 10.4. The summed E-state index contributed by atoms with van der Waals surface area (Å²) in [5, 5.41) is 3.15. The molecule has 0 amide bonds. The van der Waals surface area contributed by atoms with E-state index in [2.05, 4.69) is 5.32 Å². The van der Waals surface area contributed by atoms with Crippen LogP contribution in [-0.2, 0) is 19.0 Å². The van der Waals surface area contributed by atoms with Gasteiger partial charge in [-0.1, -0.05) is 0 Å². The smallest absolute Gasteiger partial charge is 0.307 e. The summed E-state index contributed by atoms with van der Waals surface area (Å²) >= 11 is 0. The molecule has 5 heteroatoms. The third-order valence-electron chi connectivity index (χ3n) is 1.89. The van der Waals surface area contributed by atoms with Crippen LogP contribution in [0.5, 0.6) is 0 Å². The highest BCUT2D eigenvalue weighted by Crippen LogP contribution is 1.85. The molecule has 96 valence electrons. The second kappa shape index (κ2) is 12.4. The Morgan fingerprint density at radius 3 is 2.69 bits per heavy atom. The summed E-state index contributed by atoms with van der Waals surface area (Å²) in [5.41, 5.74) is 0. The predicted molar refractivity (Wildman–Crippen MR) is 61.4 cm³/mol. The van der Waals surface area contributed by atoms with Gasteiger partial charge in [0.1, 0.15) is 0 Å². The van der Waals surface area contributed by atoms with Crippen LogP contribution in [0.25, 0.3) is 0 Å². The van der Waals surface area contributed by atoms with Crippen molar-refractivity contribution >= 4 is 5.97 Å². The Hall–Kier alpha value is -0.650. The fourth-order valence-electron chi connectivity index (χ4n) is 1.09. The maximum Gasteiger partial charge on any atom is 0.307 e. The summed E-state index contributed by atoms with van der Waals surface area (Å²) in [5.74, 6) is -0.147. The van der Waals surface area contributed by atoms with E-state index >= 15 is 0 Å². The maximum atomic E-state index is 10.9. The molecule has 0 saturated heterocycles. The number of carbonyl (C=O) groups excluding carboxylic acids is 1. The van der Waals surface area contributed by atoms with Gasteiger partial charge in [0.05, 0.1) is 26.2 Å². The zero-order valence-electron chi connectivity index (χ0n) is 10.3. The molecular weight excluding hydrogens is 210 g/mol. The van der Waals surface area contributed by atoms with Gasteiger partial charge >= 0.3 is 5.97 Å². The lowest BCUT2D eigenvalue weighted by Gasteiger charge is -2.05. The van der Waals surface area contributed by atoms with E-state index in [-0.39, 0.29) is 5.97 Å². The molecule has 0 spiro atoms. The van der Waals surface area contributed by atoms with Gasteiger partial charge in [0.2, 0.25) is 0 Å². The van der Waals surface area contributed by atoms with Crippen LogP contribution in [0.2, 0.25) is 0 Å². The number of hydrogen-bond donors (Lipinski definition) is 1. The lowest BCUT2D eigenvalue weighted by Crippen LogP contribution is -2.21. The van der Waals surface area contributed by atoms with Crippen LogP contribution in [-0.4, -0.2) is 52.6 Å². The van der Waals surface area contributed by atoms with Crippen LogP contribution < -0.4 is 5.32 Å². The number of methoxy groups -OCH3 is 1. The molecule has 0 fully saturated rings. The highest BCUT2D eigenvalue weighted by atomic mass is 16.5. The first-order valence-corrected chi connectivity index (χ1v) is 5.74. The fourth-order valence-corrected chi connectivity index (χ4v) is 1.09. The molecule has 0 aromatic heterocycles. The molecule has 0 radical (unpaired) electrons. The zero-order valence-corrected chi connectivity index (χ0v) is 10.3. The summed E-state index contributed by atoms with van der Waals surface area (Å²) in [4.78, 5) is 10.9. The summed E-state index contributed by atoms with van der Waals surface area (Å²) in [6, 6.07) is 0. The first-order chi connectivity index (χ1) is 7.81. The average Bonchev–Trinajstić information content (AvgIpc) is 2.27. The van der Waals surface area contributed by atoms with E-state index in [0.29, 0.717) is 32.8 Å². The van der Waals surface area contributed by atoms with Gasteiger partial charge in [-0.2, -0.15) is 0 Å². The lowest BCUT2D eigenvalue weighted by molar-refractivity contribution is -0.142. The fraction of sp³-hybridized carbons (Fsp3) is 0.909. The van der Waals surface area contributed by atoms with Crippen LogP contribution in [0.1, 0.15) is 19.8 Å². The van der Waals surface area contributed by atoms with Crippen molar-refractivity contribution in [3.63, 3.8) is 0 Å². The largest absolute Gasteiger partial charge is 0.466 e. The van der Waals surface area contributed by atoms with Crippen molar-refractivity contribution in [3.05, 3.63) is 0 Å². The van der Waals surface area contributed by atoms with Crippen LogP contribution in [0.4, 0.5) is 0 Å². The molecule has 0 atom stereocenters. The van der Waals surface area contributed by atoms with Gasteiger partial charge in [0.15, 0.2) is 0 Å². The van der Waals surface area contributed by atoms with Crippen LogP contribution >= 0.6 is 0 Å². The molecule has 0 aromatic carbocycles. The lowest BCUT2D eigenvalue weighted by atomic mass is 10.4. The Morgan fingerprint density at radius 1 is 1.19 bits per heavy atom. The van der Waals surface area contributed by atoms with E-state index in [9.17, 15) is 4.79 Å². The van der Waals surface area contributed by atoms with E-state index in [1.807, 2.05) is 6.92 Å². The molecule has 0 rings (SSSR count). The minimum atomic E-state index is -0.147. The van der Waals surface area contributed by atoms with Crippen LogP contribution in [0.15, 0.2) is 0 Å². The Morgan fingerprint density at radius 2 is 2.00 bits per heavy atom. The number of rotatable bonds is 11. The Balaban J connectivity index is 3.01. The summed E-state index contributed by atoms with van der Waals surface area (Å²) in [6.45, 7) is 5.77. The van der Waals surface area contributed by atoms with E-state index in [4.69, 9.17) is 14.2 Å². The molecule has 0 heterocycles. The molecule has 0 unspecified atom stereocenters. The topological polar surface area (TPSA) is 56.8 Å². The van der Waals surface area contributed by atoms with Crippen molar-refractivity contribution in [2.45, 2.75) is 19.8 Å². The molecule has 16 heavy (non-hydrogen) atoms. The van der Waals surface area contributed by atoms with Crippen molar-refractivity contribution in [2.75, 3.05) is 46.6 Å². The summed E-state index contributed by atoms with van der Waals surface area (Å²) < 4.78 is 14.9. The van der Waals surface area contributed by atoms with Crippen molar-refractivity contribution in [2.24, 2.45) is 0 Å². The molecule has 0 aromatic rings. The highest BCUT2D eigenvalue weighted by Gasteiger charge is 1.99. The van der Waals surface area contributed by atoms with E-state index in [0.717, 1.165) is 19.6 Å². The van der Waals surface area contributed by atoms with Crippen molar-refractivity contribution in [3.8, 4) is 0 Å². The van der Waals surface area contributed by atoms with Crippen LogP contribution in [0, 0.1) is 0 Å². The van der Waals surface area contributed by atoms with E-state index < -0.39 is 0 Å². The molecular formula is C11H23NO4. The predicted octanol–water partition coefficient (Wildman–Crippen LogP) is 0.582. The second-order valence-corrected chi connectivity index (χ2v) is 3.26. The van der Waals surface area contributed by atoms with Gasteiger partial charge in [-0.15, -0.1) is 0 Å². The van der Waals surface area contributed by atoms with E-state index in [1.165, 1.54) is 0 Å². The number of carbonyl (C=O) groups is 1. The third kappa shape index (κ3) is 11.4. The third-order valence-corrected chi connectivity index (χ3v) is 1.89. The van der Waals surface area contributed by atoms with Gasteiger partial charge in [-0.25, -0.2) is 0 Å². The standard InChI is InChI=1S/C11H23NO4/c1-3-16-11(13)5-7-12-6-4-8-15-10-9-14-2/h12H,3-10H2,1-2H3. The number of esters is 1. The quantitative estimate of drug-likeness (QED) is 0.418. The van der Waals surface area contributed by atoms with Crippen molar-refractivity contribution < 1.29 is 19.0 Å². The number of ether oxygens (including phenoxy) is 3. The number of nitrogens with one attached hydrogen (secondary N) is 1.